The molecule has 0 aliphatic heterocycles. The van der Waals surface area contributed by atoms with E-state index in [2.05, 4.69) is 27.4 Å². The molecule has 4 aromatic rings. The Balaban J connectivity index is 1.52. The summed E-state index contributed by atoms with van der Waals surface area (Å²) in [7, 11) is 1.80. The van der Waals surface area contributed by atoms with Crippen LogP contribution >= 0.6 is 11.6 Å². The van der Waals surface area contributed by atoms with E-state index >= 15 is 0 Å². The van der Waals surface area contributed by atoms with Gasteiger partial charge in [0.15, 0.2) is 0 Å². The number of amides is 1. The van der Waals surface area contributed by atoms with Gasteiger partial charge in [-0.2, -0.15) is 15.0 Å². The molecule has 2 aromatic carbocycles. The van der Waals surface area contributed by atoms with Gasteiger partial charge in [-0.25, -0.2) is 4.98 Å². The van der Waals surface area contributed by atoms with Crippen molar-refractivity contribution in [2.24, 2.45) is 0 Å². The van der Waals surface area contributed by atoms with Gasteiger partial charge in [0.05, 0.1) is 29.2 Å². The number of anilines is 1. The van der Waals surface area contributed by atoms with Gasteiger partial charge in [-0.15, -0.1) is 0 Å². The van der Waals surface area contributed by atoms with E-state index in [1.807, 2.05) is 36.4 Å². The number of benzene rings is 2. The molecule has 0 spiro atoms. The average molecular weight is 435 g/mol. The van der Waals surface area contributed by atoms with E-state index < -0.39 is 0 Å². The Morgan fingerprint density at radius 1 is 1.13 bits per heavy atom. The number of fused-ring (bicyclic) bond motifs is 1. The molecule has 2 aromatic heterocycles. The van der Waals surface area contributed by atoms with Crippen molar-refractivity contribution >= 4 is 34.2 Å². The zero-order valence-corrected chi connectivity index (χ0v) is 18.1. The van der Waals surface area contributed by atoms with Gasteiger partial charge in [0.25, 0.3) is 5.91 Å². The molecule has 8 heteroatoms. The smallest absolute Gasteiger partial charge is 0.256 e. The summed E-state index contributed by atoms with van der Waals surface area (Å²) < 4.78 is 0. The predicted octanol–water partition coefficient (Wildman–Crippen LogP) is 4.43. The maximum absolute atomic E-state index is 13.4. The van der Waals surface area contributed by atoms with Crippen LogP contribution in [0.1, 0.15) is 23.7 Å². The second-order valence-corrected chi connectivity index (χ2v) is 7.66. The quantitative estimate of drug-likeness (QED) is 0.465. The molecule has 158 valence electrons. The van der Waals surface area contributed by atoms with Crippen molar-refractivity contribution in [3.8, 4) is 5.69 Å². The minimum absolute atomic E-state index is 0.0433. The molecule has 0 aliphatic rings. The fourth-order valence-corrected chi connectivity index (χ4v) is 3.66. The Hall–Kier alpha value is -3.45. The number of aromatic nitrogens is 4. The number of para-hydroxylation sites is 1. The van der Waals surface area contributed by atoms with E-state index in [-0.39, 0.29) is 11.9 Å². The van der Waals surface area contributed by atoms with Gasteiger partial charge in [-0.05, 0) is 42.8 Å². The Bertz CT molecular complexity index is 1190. The topological polar surface area (TPSA) is 75.9 Å². The first-order valence-electron chi connectivity index (χ1n) is 10.1. The molecule has 7 nitrogen and oxygen atoms in total. The van der Waals surface area contributed by atoms with Crippen LogP contribution in [-0.2, 0) is 0 Å². The van der Waals surface area contributed by atoms with Crippen LogP contribution in [0.3, 0.4) is 0 Å². The van der Waals surface area contributed by atoms with Crippen LogP contribution in [-0.4, -0.2) is 50.4 Å². The van der Waals surface area contributed by atoms with Crippen molar-refractivity contribution in [2.45, 2.75) is 19.4 Å². The number of hydrogen-bond donors (Lipinski definition) is 1. The minimum atomic E-state index is -0.144. The highest BCUT2D eigenvalue weighted by atomic mass is 35.5. The number of nitrogens with zero attached hydrogens (tertiary/aromatic N) is 5. The molecule has 0 radical (unpaired) electrons. The van der Waals surface area contributed by atoms with Gasteiger partial charge < -0.3 is 10.2 Å². The predicted molar refractivity (Wildman–Crippen MR) is 123 cm³/mol. The van der Waals surface area contributed by atoms with E-state index in [1.165, 1.54) is 4.80 Å². The van der Waals surface area contributed by atoms with E-state index in [4.69, 9.17) is 11.6 Å². The fraction of sp³-hybridized carbons (Fsp3) is 0.217. The summed E-state index contributed by atoms with van der Waals surface area (Å²) in [5, 5.41) is 13.3. The van der Waals surface area contributed by atoms with Gasteiger partial charge in [0.2, 0.25) is 0 Å². The summed E-state index contributed by atoms with van der Waals surface area (Å²) in [5.74, 6) is 0.636. The van der Waals surface area contributed by atoms with Gasteiger partial charge in [0.1, 0.15) is 5.82 Å². The second kappa shape index (κ2) is 9.14. The highest BCUT2D eigenvalue weighted by Gasteiger charge is 2.23. The van der Waals surface area contributed by atoms with Crippen LogP contribution in [0, 0.1) is 0 Å². The fourth-order valence-electron chi connectivity index (χ4n) is 3.49. The summed E-state index contributed by atoms with van der Waals surface area (Å²) in [6.45, 7) is 2.62. The lowest BCUT2D eigenvalue weighted by Gasteiger charge is -2.28. The first-order valence-corrected chi connectivity index (χ1v) is 10.5. The zero-order valence-electron chi connectivity index (χ0n) is 17.4. The molecule has 0 saturated heterocycles. The van der Waals surface area contributed by atoms with E-state index in [0.717, 1.165) is 23.1 Å². The Morgan fingerprint density at radius 2 is 1.90 bits per heavy atom. The number of carbonyl (C=O) groups excluding carboxylic acids is 1. The first kappa shape index (κ1) is 20.8. The third-order valence-corrected chi connectivity index (χ3v) is 5.51. The summed E-state index contributed by atoms with van der Waals surface area (Å²) >= 11 is 6.19. The van der Waals surface area contributed by atoms with Crippen LogP contribution < -0.4 is 5.32 Å². The molecule has 1 N–H and O–H groups in total. The number of hydrogen-bond acceptors (Lipinski definition) is 5. The third kappa shape index (κ3) is 4.51. The summed E-state index contributed by atoms with van der Waals surface area (Å²) in [6, 6.07) is 17.1. The Labute approximate surface area is 185 Å². The lowest BCUT2D eigenvalue weighted by molar-refractivity contribution is 0.0735. The maximum Gasteiger partial charge on any atom is 0.256 e. The summed E-state index contributed by atoms with van der Waals surface area (Å²) in [4.78, 5) is 21.2. The van der Waals surface area contributed by atoms with Crippen molar-refractivity contribution in [2.75, 3.05) is 18.9 Å². The van der Waals surface area contributed by atoms with Crippen LogP contribution in [0.5, 0.6) is 0 Å². The molecule has 0 unspecified atom stereocenters. The SMILES string of the molecule is CC[C@@H](CNc1ccc2ccccc2n1)N(C)C(=O)c1cc(Cl)ccc1-n1nccn1. The first-order chi connectivity index (χ1) is 15.1. The molecule has 0 bridgehead atoms. The molecule has 1 atom stereocenters. The minimum Gasteiger partial charge on any atom is -0.368 e. The normalized spacial score (nSPS) is 12.0. The number of rotatable bonds is 7. The molecule has 0 saturated carbocycles. The highest BCUT2D eigenvalue weighted by molar-refractivity contribution is 6.31. The van der Waals surface area contributed by atoms with Gasteiger partial charge in [-0.1, -0.05) is 36.7 Å². The van der Waals surface area contributed by atoms with Gasteiger partial charge in [0, 0.05) is 30.0 Å². The van der Waals surface area contributed by atoms with Crippen LogP contribution in [0.25, 0.3) is 16.6 Å². The molecular formula is C23H23ClN6O. The van der Waals surface area contributed by atoms with Crippen LogP contribution in [0.15, 0.2) is 67.0 Å². The van der Waals surface area contributed by atoms with E-state index in [1.54, 1.807) is 42.5 Å². The van der Waals surface area contributed by atoms with Crippen LogP contribution in [0.4, 0.5) is 5.82 Å². The Morgan fingerprint density at radius 3 is 2.68 bits per heavy atom. The molecule has 4 rings (SSSR count). The molecule has 2 heterocycles. The summed E-state index contributed by atoms with van der Waals surface area (Å²) in [6.07, 6.45) is 3.92. The van der Waals surface area contributed by atoms with E-state index in [0.29, 0.717) is 22.8 Å². The number of pyridine rings is 1. The van der Waals surface area contributed by atoms with Crippen molar-refractivity contribution in [1.82, 2.24) is 24.9 Å². The van der Waals surface area contributed by atoms with Crippen molar-refractivity contribution in [1.29, 1.82) is 0 Å². The lowest BCUT2D eigenvalue weighted by Crippen LogP contribution is -2.41. The van der Waals surface area contributed by atoms with Gasteiger partial charge >= 0.3 is 0 Å². The maximum atomic E-state index is 13.4. The monoisotopic (exact) mass is 434 g/mol. The standard InChI is InChI=1S/C23H23ClN6O/c1-3-18(15-25-22-11-8-16-6-4-5-7-20(16)28-22)29(2)23(31)19-14-17(24)9-10-21(19)30-26-12-13-27-30/h4-14,18H,3,15H2,1-2H3,(H,25,28)/t18-/m0/s1. The van der Waals surface area contributed by atoms with E-state index in [9.17, 15) is 4.79 Å². The molecule has 0 aliphatic carbocycles. The molecular weight excluding hydrogens is 412 g/mol. The van der Waals surface area contributed by atoms with Crippen LogP contribution in [0.2, 0.25) is 5.02 Å². The Kier molecular flexibility index (Phi) is 6.13. The number of carbonyl (C=O) groups is 1. The van der Waals surface area contributed by atoms with Gasteiger partial charge in [-0.3, -0.25) is 4.79 Å². The van der Waals surface area contributed by atoms with Crippen molar-refractivity contribution in [3.63, 3.8) is 0 Å². The van der Waals surface area contributed by atoms with Crippen molar-refractivity contribution < 1.29 is 4.79 Å². The molecule has 1 amide bonds. The molecule has 31 heavy (non-hydrogen) atoms. The summed E-state index contributed by atoms with van der Waals surface area (Å²) in [5.41, 5.74) is 1.97. The number of halogens is 1. The lowest BCUT2D eigenvalue weighted by atomic mass is 10.1. The molecule has 0 fully saturated rings. The number of nitrogens with one attached hydrogen (secondary N) is 1. The third-order valence-electron chi connectivity index (χ3n) is 5.28. The largest absolute Gasteiger partial charge is 0.368 e. The average Bonchev–Trinajstić information content (AvgIpc) is 3.33. The second-order valence-electron chi connectivity index (χ2n) is 7.23. The highest BCUT2D eigenvalue weighted by Crippen LogP contribution is 2.22. The number of likely N-dealkylation sites (N-methyl/N-ethyl adjacent to an activating group) is 1. The van der Waals surface area contributed by atoms with Crippen molar-refractivity contribution in [3.05, 3.63) is 77.6 Å². The zero-order chi connectivity index (χ0) is 21.8.